The van der Waals surface area contributed by atoms with Crippen molar-refractivity contribution in [3.8, 4) is 0 Å². The predicted molar refractivity (Wildman–Crippen MR) is 50.6 cm³/mol. The number of halogens is 1. The Labute approximate surface area is 88.6 Å². The lowest BCUT2D eigenvalue weighted by Gasteiger charge is -2.38. The van der Waals surface area contributed by atoms with E-state index in [0.717, 1.165) is 6.26 Å². The summed E-state index contributed by atoms with van der Waals surface area (Å²) in [4.78, 5) is 0. The highest BCUT2D eigenvalue weighted by Gasteiger charge is 2.41. The zero-order chi connectivity index (χ0) is 11.7. The number of alkyl halides is 1. The van der Waals surface area contributed by atoms with Crippen molar-refractivity contribution in [3.63, 3.8) is 0 Å². The van der Waals surface area contributed by atoms with Gasteiger partial charge in [0.1, 0.15) is 6.61 Å². The van der Waals surface area contributed by atoms with E-state index in [2.05, 4.69) is 4.18 Å². The molecule has 0 aromatic rings. The summed E-state index contributed by atoms with van der Waals surface area (Å²) in [7, 11) is -3.64. The second kappa shape index (κ2) is 3.97. The molecule has 0 bridgehead atoms. The van der Waals surface area contributed by atoms with Crippen molar-refractivity contribution in [3.05, 3.63) is 0 Å². The van der Waals surface area contributed by atoms with E-state index in [0.29, 0.717) is 0 Å². The van der Waals surface area contributed by atoms with E-state index >= 15 is 0 Å². The molecule has 0 unspecified atom stereocenters. The molecule has 0 aromatic carbocycles. The lowest BCUT2D eigenvalue weighted by molar-refractivity contribution is -0.289. The van der Waals surface area contributed by atoms with E-state index in [1.165, 1.54) is 0 Å². The van der Waals surface area contributed by atoms with Gasteiger partial charge in [-0.3, -0.25) is 4.18 Å². The fourth-order valence-corrected chi connectivity index (χ4v) is 1.41. The molecule has 15 heavy (non-hydrogen) atoms. The van der Waals surface area contributed by atoms with Crippen molar-refractivity contribution in [2.75, 3.05) is 26.1 Å². The second-order valence-electron chi connectivity index (χ2n) is 4.09. The first kappa shape index (κ1) is 12.8. The third kappa shape index (κ3) is 4.42. The fraction of sp³-hybridized carbons (Fsp3) is 1.00. The molecule has 1 heterocycles. The minimum atomic E-state index is -3.64. The molecule has 0 atom stereocenters. The molecule has 0 spiro atoms. The van der Waals surface area contributed by atoms with Gasteiger partial charge in [-0.2, -0.15) is 8.42 Å². The first-order chi connectivity index (χ1) is 6.62. The maximum atomic E-state index is 13.8. The summed E-state index contributed by atoms with van der Waals surface area (Å²) in [5.74, 6) is -0.833. The molecular formula is C8H15FO5S. The van der Waals surface area contributed by atoms with Crippen LogP contribution < -0.4 is 0 Å². The van der Waals surface area contributed by atoms with Crippen LogP contribution in [0, 0.1) is 0 Å². The highest BCUT2D eigenvalue weighted by Crippen LogP contribution is 2.26. The molecule has 0 radical (unpaired) electrons. The predicted octanol–water partition coefficient (Wildman–Crippen LogP) is 0.454. The Bertz CT molecular complexity index is 314. The van der Waals surface area contributed by atoms with Gasteiger partial charge in [0.05, 0.1) is 19.5 Å². The highest BCUT2D eigenvalue weighted by atomic mass is 32.2. The molecule has 1 saturated heterocycles. The summed E-state index contributed by atoms with van der Waals surface area (Å²) in [6.07, 6.45) is 0.866. The Morgan fingerprint density at radius 3 is 2.20 bits per heavy atom. The number of hydrogen-bond acceptors (Lipinski definition) is 5. The molecule has 7 heteroatoms. The van der Waals surface area contributed by atoms with Crippen LogP contribution in [0.2, 0.25) is 0 Å². The first-order valence-electron chi connectivity index (χ1n) is 4.43. The lowest BCUT2D eigenvalue weighted by atomic mass is 10.1. The zero-order valence-corrected chi connectivity index (χ0v) is 9.77. The molecule has 0 aliphatic carbocycles. The van der Waals surface area contributed by atoms with Crippen molar-refractivity contribution < 1.29 is 26.5 Å². The molecule has 90 valence electrons. The van der Waals surface area contributed by atoms with Crippen molar-refractivity contribution in [1.82, 2.24) is 0 Å². The third-order valence-corrected chi connectivity index (χ3v) is 2.43. The van der Waals surface area contributed by atoms with Gasteiger partial charge >= 0.3 is 0 Å². The van der Waals surface area contributed by atoms with Gasteiger partial charge in [0.15, 0.2) is 11.5 Å². The zero-order valence-electron chi connectivity index (χ0n) is 8.95. The van der Waals surface area contributed by atoms with Crippen LogP contribution in [0.15, 0.2) is 0 Å². The average molecular weight is 242 g/mol. The van der Waals surface area contributed by atoms with Crippen LogP contribution in [0.25, 0.3) is 0 Å². The van der Waals surface area contributed by atoms with Gasteiger partial charge in [-0.25, -0.2) is 4.39 Å². The van der Waals surface area contributed by atoms with E-state index in [-0.39, 0.29) is 13.2 Å². The van der Waals surface area contributed by atoms with Crippen LogP contribution in [0.4, 0.5) is 4.39 Å². The third-order valence-electron chi connectivity index (χ3n) is 1.89. The summed E-state index contributed by atoms with van der Waals surface area (Å²) in [6.45, 7) is 2.25. The van der Waals surface area contributed by atoms with Gasteiger partial charge in [-0.05, 0) is 13.8 Å². The van der Waals surface area contributed by atoms with Gasteiger partial charge in [0, 0.05) is 0 Å². The topological polar surface area (TPSA) is 61.8 Å². The number of ether oxygens (including phenoxy) is 2. The Kier molecular flexibility index (Phi) is 3.39. The van der Waals surface area contributed by atoms with Crippen molar-refractivity contribution in [2.45, 2.75) is 25.3 Å². The van der Waals surface area contributed by atoms with Crippen molar-refractivity contribution in [2.24, 2.45) is 0 Å². The molecule has 1 fully saturated rings. The van der Waals surface area contributed by atoms with Crippen molar-refractivity contribution in [1.29, 1.82) is 0 Å². The molecule has 0 amide bonds. The second-order valence-corrected chi connectivity index (χ2v) is 5.74. The minimum Gasteiger partial charge on any atom is -0.347 e. The van der Waals surface area contributed by atoms with Crippen LogP contribution in [-0.2, 0) is 23.8 Å². The quantitative estimate of drug-likeness (QED) is 0.673. The van der Waals surface area contributed by atoms with Crippen LogP contribution in [0.1, 0.15) is 13.8 Å². The Hall–Kier alpha value is -0.240. The standard InChI is InChI=1S/C8H15FO5S/c1-7(2)12-4-8(9,5-13-7)6-14-15(3,10)11/h4-6H2,1-3H3. The van der Waals surface area contributed by atoms with Gasteiger partial charge in [-0.1, -0.05) is 0 Å². The first-order valence-corrected chi connectivity index (χ1v) is 6.25. The summed E-state index contributed by atoms with van der Waals surface area (Å²) in [6, 6.07) is 0. The SMILES string of the molecule is CC1(C)OCC(F)(COS(C)(=O)=O)CO1. The van der Waals surface area contributed by atoms with Gasteiger partial charge in [0.25, 0.3) is 10.1 Å². The molecule has 1 aliphatic heterocycles. The maximum Gasteiger partial charge on any atom is 0.264 e. The van der Waals surface area contributed by atoms with Gasteiger partial charge in [-0.15, -0.1) is 0 Å². The van der Waals surface area contributed by atoms with Crippen LogP contribution in [-0.4, -0.2) is 46.0 Å². The van der Waals surface area contributed by atoms with E-state index in [1.807, 2.05) is 0 Å². The van der Waals surface area contributed by atoms with Crippen LogP contribution in [0.5, 0.6) is 0 Å². The van der Waals surface area contributed by atoms with Crippen LogP contribution in [0.3, 0.4) is 0 Å². The number of rotatable bonds is 3. The van der Waals surface area contributed by atoms with E-state index in [4.69, 9.17) is 9.47 Å². The molecule has 0 N–H and O–H groups in total. The molecule has 0 saturated carbocycles. The Morgan fingerprint density at radius 2 is 1.80 bits per heavy atom. The monoisotopic (exact) mass is 242 g/mol. The molecule has 1 rings (SSSR count). The molecular weight excluding hydrogens is 227 g/mol. The van der Waals surface area contributed by atoms with Crippen molar-refractivity contribution >= 4 is 10.1 Å². The lowest BCUT2D eigenvalue weighted by Crippen LogP contribution is -2.51. The van der Waals surface area contributed by atoms with E-state index in [1.54, 1.807) is 13.8 Å². The summed E-state index contributed by atoms with van der Waals surface area (Å²) < 4.78 is 49.7. The Balaban J connectivity index is 2.49. The number of hydrogen-bond donors (Lipinski definition) is 0. The van der Waals surface area contributed by atoms with Gasteiger partial charge in [0.2, 0.25) is 0 Å². The van der Waals surface area contributed by atoms with Gasteiger partial charge < -0.3 is 9.47 Å². The van der Waals surface area contributed by atoms with E-state index in [9.17, 15) is 12.8 Å². The summed E-state index contributed by atoms with van der Waals surface area (Å²) in [5.41, 5.74) is -1.90. The Morgan fingerprint density at radius 1 is 1.33 bits per heavy atom. The summed E-state index contributed by atoms with van der Waals surface area (Å²) >= 11 is 0. The highest BCUT2D eigenvalue weighted by molar-refractivity contribution is 7.85. The van der Waals surface area contributed by atoms with Crippen LogP contribution >= 0.6 is 0 Å². The maximum absolute atomic E-state index is 13.8. The fourth-order valence-electron chi connectivity index (χ4n) is 0.986. The summed E-state index contributed by atoms with van der Waals surface area (Å²) in [5, 5.41) is 0. The minimum absolute atomic E-state index is 0.241. The largest absolute Gasteiger partial charge is 0.347 e. The van der Waals surface area contributed by atoms with E-state index < -0.39 is 28.2 Å². The normalized spacial score (nSPS) is 25.1. The average Bonchev–Trinajstić information content (AvgIpc) is 2.07. The molecule has 5 nitrogen and oxygen atoms in total. The smallest absolute Gasteiger partial charge is 0.264 e. The molecule has 0 aromatic heterocycles. The molecule has 1 aliphatic rings.